The van der Waals surface area contributed by atoms with Crippen LogP contribution in [0, 0.1) is 0 Å². The minimum atomic E-state index is -10.1. The Balaban J connectivity index is 1.56. The Morgan fingerprint density at radius 2 is 1.70 bits per heavy atom. The minimum absolute atomic E-state index is 0.0195. The average Bonchev–Trinajstić information content (AvgIpc) is 3.43. The molecular formula is C24H14BrF8N5OS. The number of anilines is 1. The molecule has 0 atom stereocenters. The summed E-state index contributed by atoms with van der Waals surface area (Å²) in [6, 6.07) is 8.41. The zero-order valence-corrected chi connectivity index (χ0v) is 21.9. The zero-order chi connectivity index (χ0) is 29.2. The van der Waals surface area contributed by atoms with E-state index in [1.54, 1.807) is 18.3 Å². The van der Waals surface area contributed by atoms with Crippen molar-refractivity contribution < 1.29 is 37.4 Å². The van der Waals surface area contributed by atoms with Crippen molar-refractivity contribution in [1.29, 1.82) is 0 Å². The molecule has 0 radical (unpaired) electrons. The molecule has 40 heavy (non-hydrogen) atoms. The quantitative estimate of drug-likeness (QED) is 0.193. The highest BCUT2D eigenvalue weighted by molar-refractivity contribution is 9.10. The fourth-order valence-electron chi connectivity index (χ4n) is 3.91. The first-order valence-electron chi connectivity index (χ1n) is 10.9. The van der Waals surface area contributed by atoms with E-state index in [0.29, 0.717) is 17.3 Å². The number of hydrogen-bond donors (Lipinski definition) is 1. The second kappa shape index (κ2) is 8.54. The van der Waals surface area contributed by atoms with Crippen LogP contribution in [0.4, 0.5) is 38.3 Å². The summed E-state index contributed by atoms with van der Waals surface area (Å²) < 4.78 is 110. The van der Waals surface area contributed by atoms with Gasteiger partial charge in [0.1, 0.15) is 10.5 Å². The van der Waals surface area contributed by atoms with Gasteiger partial charge in [0.05, 0.1) is 16.9 Å². The maximum atomic E-state index is 13.9. The molecule has 5 rings (SSSR count). The number of carbonyl (C=O) groups is 1. The molecule has 0 aliphatic rings. The van der Waals surface area contributed by atoms with Gasteiger partial charge >= 0.3 is 16.4 Å². The molecule has 0 spiro atoms. The molecule has 6 nitrogen and oxygen atoms in total. The molecule has 2 aromatic carbocycles. The molecule has 1 amide bonds. The Morgan fingerprint density at radius 1 is 0.950 bits per heavy atom. The van der Waals surface area contributed by atoms with E-state index in [-0.39, 0.29) is 23.5 Å². The first kappa shape index (κ1) is 27.6. The van der Waals surface area contributed by atoms with Gasteiger partial charge in [0.25, 0.3) is 5.91 Å². The monoisotopic (exact) mass is 651 g/mol. The summed E-state index contributed by atoms with van der Waals surface area (Å²) >= 11 is 2.68. The standard InChI is InChI=1S/C24H14BrF8N5OS/c25-16-8-15(9-18(10-16)40(29,30,31,32)33)23(39)35-17-3-4-19(24(26,27)28)21(11-17)37-6-7-38-22(37)12-20(36-38)14-2-1-5-34-13-14/h1-13H,(H,35,39). The molecule has 0 saturated heterocycles. The molecule has 0 aliphatic heterocycles. The van der Waals surface area contributed by atoms with E-state index in [4.69, 9.17) is 0 Å². The van der Waals surface area contributed by atoms with Crippen molar-refractivity contribution in [3.05, 3.63) is 95.0 Å². The number of aromatic nitrogens is 4. The van der Waals surface area contributed by atoms with E-state index in [9.17, 15) is 37.4 Å². The van der Waals surface area contributed by atoms with Crippen LogP contribution in [0.2, 0.25) is 0 Å². The lowest BCUT2D eigenvalue weighted by Crippen LogP contribution is -2.16. The topological polar surface area (TPSA) is 64.2 Å². The van der Waals surface area contributed by atoms with Gasteiger partial charge in [-0.1, -0.05) is 35.4 Å². The summed E-state index contributed by atoms with van der Waals surface area (Å²) in [6.07, 6.45) is 0.948. The normalized spacial score (nSPS) is 14.1. The highest BCUT2D eigenvalue weighted by atomic mass is 79.9. The molecule has 210 valence electrons. The first-order chi connectivity index (χ1) is 18.4. The molecule has 3 aromatic heterocycles. The van der Waals surface area contributed by atoms with Crippen molar-refractivity contribution in [2.75, 3.05) is 5.32 Å². The Hall–Kier alpha value is -3.92. The smallest absolute Gasteiger partial charge is 0.322 e. The van der Waals surface area contributed by atoms with Crippen LogP contribution in [0.1, 0.15) is 15.9 Å². The van der Waals surface area contributed by atoms with Crippen LogP contribution in [0.3, 0.4) is 0 Å². The lowest BCUT2D eigenvalue weighted by atomic mass is 10.1. The van der Waals surface area contributed by atoms with Gasteiger partial charge in [-0.05, 0) is 48.5 Å². The number of fused-ring (bicyclic) bond motifs is 1. The third-order valence-electron chi connectivity index (χ3n) is 5.68. The maximum Gasteiger partial charge on any atom is 0.418 e. The predicted octanol–water partition coefficient (Wildman–Crippen LogP) is 8.88. The Bertz CT molecular complexity index is 1780. The number of benzene rings is 2. The van der Waals surface area contributed by atoms with Gasteiger partial charge in [0.15, 0.2) is 0 Å². The van der Waals surface area contributed by atoms with Gasteiger partial charge in [-0.2, -0.15) is 18.3 Å². The lowest BCUT2D eigenvalue weighted by Gasteiger charge is -2.40. The van der Waals surface area contributed by atoms with E-state index >= 15 is 0 Å². The Labute approximate surface area is 228 Å². The van der Waals surface area contributed by atoms with Crippen molar-refractivity contribution in [2.45, 2.75) is 11.1 Å². The number of pyridine rings is 1. The van der Waals surface area contributed by atoms with Crippen LogP contribution >= 0.6 is 26.2 Å². The van der Waals surface area contributed by atoms with Crippen LogP contribution in [0.25, 0.3) is 22.6 Å². The predicted molar refractivity (Wildman–Crippen MR) is 136 cm³/mol. The van der Waals surface area contributed by atoms with E-state index in [1.807, 2.05) is 0 Å². The molecule has 0 aliphatic carbocycles. The first-order valence-corrected chi connectivity index (χ1v) is 13.7. The van der Waals surface area contributed by atoms with Crippen LogP contribution in [0.5, 0.6) is 0 Å². The van der Waals surface area contributed by atoms with Gasteiger partial charge in [-0.15, -0.1) is 0 Å². The van der Waals surface area contributed by atoms with Gasteiger partial charge in [-0.3, -0.25) is 14.3 Å². The third kappa shape index (κ3) is 5.54. The maximum absolute atomic E-state index is 13.9. The molecule has 0 bridgehead atoms. The second-order valence-corrected chi connectivity index (χ2v) is 11.9. The summed E-state index contributed by atoms with van der Waals surface area (Å²) in [4.78, 5) is 14.4. The molecule has 0 fully saturated rings. The lowest BCUT2D eigenvalue weighted by molar-refractivity contribution is -0.137. The van der Waals surface area contributed by atoms with Crippen molar-refractivity contribution in [1.82, 2.24) is 19.2 Å². The zero-order valence-electron chi connectivity index (χ0n) is 19.5. The number of carbonyl (C=O) groups excluding carboxylic acids is 1. The fraction of sp³-hybridized carbons (Fsp3) is 0.0417. The number of hydrogen-bond acceptors (Lipinski definition) is 3. The third-order valence-corrected chi connectivity index (χ3v) is 7.26. The van der Waals surface area contributed by atoms with Gasteiger partial charge in [0.2, 0.25) is 0 Å². The summed E-state index contributed by atoms with van der Waals surface area (Å²) in [6.45, 7) is 0. The molecule has 5 aromatic rings. The van der Waals surface area contributed by atoms with E-state index in [0.717, 1.165) is 22.8 Å². The molecule has 16 heteroatoms. The molecule has 1 N–H and O–H groups in total. The van der Waals surface area contributed by atoms with Crippen LogP contribution in [-0.2, 0) is 6.18 Å². The summed E-state index contributed by atoms with van der Waals surface area (Å²) in [7, 11) is -10.1. The fourth-order valence-corrected chi connectivity index (χ4v) is 5.25. The summed E-state index contributed by atoms with van der Waals surface area (Å²) in [5.41, 5.74) is -1.29. The number of alkyl halides is 3. The highest BCUT2D eigenvalue weighted by Gasteiger charge is 2.65. The van der Waals surface area contributed by atoms with Crippen molar-refractivity contribution >= 4 is 43.4 Å². The molecule has 0 unspecified atom stereocenters. The number of halogens is 9. The van der Waals surface area contributed by atoms with E-state index in [2.05, 4.69) is 31.3 Å². The van der Waals surface area contributed by atoms with E-state index in [1.165, 1.54) is 29.2 Å². The average molecular weight is 652 g/mol. The number of amides is 1. The SMILES string of the molecule is O=C(Nc1ccc(C(F)(F)F)c(-n2ccn3nc(-c4cccnc4)cc23)c1)c1cc(Br)cc(S(F)(F)(F)(F)F)c1. The summed E-state index contributed by atoms with van der Waals surface area (Å²) in [5, 5.41) is 6.51. The number of imidazole rings is 1. The molecular weight excluding hydrogens is 638 g/mol. The highest BCUT2D eigenvalue weighted by Crippen LogP contribution is 3.02. The Kier molecular flexibility index (Phi) is 5.90. The molecule has 3 heterocycles. The van der Waals surface area contributed by atoms with Gasteiger partial charge in [0, 0.05) is 52.1 Å². The van der Waals surface area contributed by atoms with Crippen LogP contribution < -0.4 is 5.32 Å². The second-order valence-electron chi connectivity index (χ2n) is 8.57. The summed E-state index contributed by atoms with van der Waals surface area (Å²) in [5.74, 6) is -1.25. The van der Waals surface area contributed by atoms with Crippen molar-refractivity contribution in [3.8, 4) is 16.9 Å². The number of nitrogens with zero attached hydrogens (tertiary/aromatic N) is 4. The van der Waals surface area contributed by atoms with Gasteiger partial charge < -0.3 is 5.32 Å². The minimum Gasteiger partial charge on any atom is -0.322 e. The number of rotatable bonds is 5. The molecule has 0 saturated carbocycles. The Morgan fingerprint density at radius 3 is 2.35 bits per heavy atom. The largest absolute Gasteiger partial charge is 0.418 e. The van der Waals surface area contributed by atoms with Crippen LogP contribution in [-0.4, -0.2) is 25.1 Å². The van der Waals surface area contributed by atoms with Crippen LogP contribution in [0.15, 0.2) is 88.8 Å². The van der Waals surface area contributed by atoms with Gasteiger partial charge in [-0.25, -0.2) is 4.52 Å². The van der Waals surface area contributed by atoms with E-state index < -0.39 is 48.5 Å². The van der Waals surface area contributed by atoms with Crippen molar-refractivity contribution in [2.24, 2.45) is 0 Å². The number of nitrogens with one attached hydrogen (secondary N) is 1. The van der Waals surface area contributed by atoms with Crippen molar-refractivity contribution in [3.63, 3.8) is 0 Å².